The molecule has 0 aliphatic carbocycles. The highest BCUT2D eigenvalue weighted by Gasteiger charge is 2.32. The molecule has 0 aliphatic heterocycles. The van der Waals surface area contributed by atoms with Crippen molar-refractivity contribution in [2.45, 2.75) is 6.18 Å². The van der Waals surface area contributed by atoms with Gasteiger partial charge < -0.3 is 4.74 Å². The monoisotopic (exact) mass is 402 g/mol. The number of carbonyl (C=O) groups excluding carboxylic acids is 1. The Balaban J connectivity index is 2.05. The number of halogens is 6. The summed E-state index contributed by atoms with van der Waals surface area (Å²) in [6.07, 6.45) is -4.80. The van der Waals surface area contributed by atoms with Crippen molar-refractivity contribution < 1.29 is 27.1 Å². The summed E-state index contributed by atoms with van der Waals surface area (Å²) in [5.74, 6) is -2.46. The van der Waals surface area contributed by atoms with E-state index in [0.29, 0.717) is 34.0 Å². The molecule has 0 radical (unpaired) electrons. The van der Waals surface area contributed by atoms with Gasteiger partial charge in [0.25, 0.3) is 0 Å². The van der Waals surface area contributed by atoms with E-state index >= 15 is 0 Å². The number of benzene rings is 3. The van der Waals surface area contributed by atoms with Gasteiger partial charge in [0.2, 0.25) is 0 Å². The molecule has 3 aromatic carbocycles. The highest BCUT2D eigenvalue weighted by Crippen LogP contribution is 2.38. The highest BCUT2D eigenvalue weighted by atomic mass is 35.5. The molecule has 0 atom stereocenters. The highest BCUT2D eigenvalue weighted by molar-refractivity contribution is 6.40. The molecule has 0 spiro atoms. The second kappa shape index (κ2) is 6.78. The Morgan fingerprint density at radius 3 is 2.23 bits per heavy atom. The third kappa shape index (κ3) is 3.61. The standard InChI is InChI=1S/C18H8Cl2F4O2/c19-14-8-15(20)16(13-4-2-1-3-12(13)14)26-17(25)9-5-10(18(22,23)24)7-11(21)6-9/h1-8H. The van der Waals surface area contributed by atoms with E-state index < -0.39 is 29.1 Å². The minimum absolute atomic E-state index is 0.00509. The van der Waals surface area contributed by atoms with Crippen molar-refractivity contribution in [1.29, 1.82) is 0 Å². The topological polar surface area (TPSA) is 26.3 Å². The fourth-order valence-electron chi connectivity index (χ4n) is 2.40. The minimum Gasteiger partial charge on any atom is -0.421 e. The van der Waals surface area contributed by atoms with Gasteiger partial charge in [-0.3, -0.25) is 0 Å². The van der Waals surface area contributed by atoms with E-state index in [-0.39, 0.29) is 10.8 Å². The molecule has 2 nitrogen and oxygen atoms in total. The number of esters is 1. The van der Waals surface area contributed by atoms with Crippen LogP contribution in [0.25, 0.3) is 10.8 Å². The summed E-state index contributed by atoms with van der Waals surface area (Å²) in [6.45, 7) is 0. The molecule has 3 rings (SSSR count). The van der Waals surface area contributed by atoms with E-state index in [9.17, 15) is 22.4 Å². The first-order valence-corrected chi connectivity index (χ1v) is 7.89. The molecular formula is C18H8Cl2F4O2. The van der Waals surface area contributed by atoms with Crippen LogP contribution >= 0.6 is 23.2 Å². The Morgan fingerprint density at radius 2 is 1.58 bits per heavy atom. The molecule has 0 heterocycles. The van der Waals surface area contributed by atoms with Crippen LogP contribution in [0.1, 0.15) is 15.9 Å². The fourth-order valence-corrected chi connectivity index (χ4v) is 2.98. The number of hydrogen-bond acceptors (Lipinski definition) is 2. The van der Waals surface area contributed by atoms with Gasteiger partial charge in [0.15, 0.2) is 5.75 Å². The normalized spacial score (nSPS) is 11.6. The van der Waals surface area contributed by atoms with E-state index in [1.54, 1.807) is 24.3 Å². The minimum atomic E-state index is -4.80. The van der Waals surface area contributed by atoms with Crippen molar-refractivity contribution in [2.75, 3.05) is 0 Å². The van der Waals surface area contributed by atoms with Gasteiger partial charge in [0, 0.05) is 10.8 Å². The lowest BCUT2D eigenvalue weighted by atomic mass is 10.1. The first kappa shape index (κ1) is 18.5. The largest absolute Gasteiger partial charge is 0.421 e. The molecule has 134 valence electrons. The summed E-state index contributed by atoms with van der Waals surface area (Å²) >= 11 is 12.1. The number of hydrogen-bond donors (Lipinski definition) is 0. The van der Waals surface area contributed by atoms with Crippen molar-refractivity contribution in [3.63, 3.8) is 0 Å². The van der Waals surface area contributed by atoms with Gasteiger partial charge in [-0.2, -0.15) is 13.2 Å². The van der Waals surface area contributed by atoms with E-state index in [4.69, 9.17) is 27.9 Å². The Labute approximate surface area is 154 Å². The molecule has 0 aromatic heterocycles. The third-order valence-electron chi connectivity index (χ3n) is 3.55. The van der Waals surface area contributed by atoms with Crippen LogP contribution in [0.2, 0.25) is 10.0 Å². The molecule has 0 bridgehead atoms. The maximum absolute atomic E-state index is 13.5. The Bertz CT molecular complexity index is 1020. The summed E-state index contributed by atoms with van der Waals surface area (Å²) in [4.78, 5) is 12.3. The average Bonchev–Trinajstić information content (AvgIpc) is 2.57. The van der Waals surface area contributed by atoms with Gasteiger partial charge >= 0.3 is 12.1 Å². The zero-order valence-corrected chi connectivity index (χ0v) is 14.2. The predicted octanol–water partition coefficient (Wildman–Crippen LogP) is 6.52. The summed E-state index contributed by atoms with van der Waals surface area (Å²) in [7, 11) is 0. The van der Waals surface area contributed by atoms with Crippen LogP contribution in [0.5, 0.6) is 5.75 Å². The summed E-state index contributed by atoms with van der Waals surface area (Å²) in [6, 6.07) is 9.41. The molecule has 0 saturated heterocycles. The van der Waals surface area contributed by atoms with Crippen LogP contribution in [-0.4, -0.2) is 5.97 Å². The van der Waals surface area contributed by atoms with Crippen LogP contribution in [0, 0.1) is 5.82 Å². The number of rotatable bonds is 2. The lowest BCUT2D eigenvalue weighted by molar-refractivity contribution is -0.137. The molecule has 26 heavy (non-hydrogen) atoms. The van der Waals surface area contributed by atoms with E-state index in [1.165, 1.54) is 6.07 Å². The zero-order chi connectivity index (χ0) is 19.1. The smallest absolute Gasteiger partial charge is 0.416 e. The van der Waals surface area contributed by atoms with Crippen LogP contribution in [-0.2, 0) is 6.18 Å². The molecule has 0 unspecified atom stereocenters. The second-order valence-electron chi connectivity index (χ2n) is 5.33. The Morgan fingerprint density at radius 1 is 0.923 bits per heavy atom. The van der Waals surface area contributed by atoms with Gasteiger partial charge in [0.05, 0.1) is 21.2 Å². The van der Waals surface area contributed by atoms with Gasteiger partial charge in [-0.1, -0.05) is 47.5 Å². The summed E-state index contributed by atoms with van der Waals surface area (Å²) in [5.41, 5.74) is -1.89. The predicted molar refractivity (Wildman–Crippen MR) is 90.3 cm³/mol. The molecule has 3 aromatic rings. The SMILES string of the molecule is O=C(Oc1c(Cl)cc(Cl)c2ccccc12)c1cc(F)cc(C(F)(F)F)c1. The van der Waals surface area contributed by atoms with Crippen molar-refractivity contribution in [2.24, 2.45) is 0 Å². The number of fused-ring (bicyclic) bond motifs is 1. The van der Waals surface area contributed by atoms with Gasteiger partial charge in [-0.15, -0.1) is 0 Å². The first-order chi connectivity index (χ1) is 12.2. The molecule has 0 saturated carbocycles. The molecule has 0 fully saturated rings. The maximum Gasteiger partial charge on any atom is 0.416 e. The number of carbonyl (C=O) groups is 1. The fraction of sp³-hybridized carbons (Fsp3) is 0.0556. The van der Waals surface area contributed by atoms with Gasteiger partial charge in [-0.25, -0.2) is 9.18 Å². The molecular weight excluding hydrogens is 395 g/mol. The Hall–Kier alpha value is -2.31. The van der Waals surface area contributed by atoms with Crippen molar-refractivity contribution in [3.05, 3.63) is 75.5 Å². The quantitative estimate of drug-likeness (QED) is 0.277. The number of alkyl halides is 3. The second-order valence-corrected chi connectivity index (χ2v) is 6.15. The average molecular weight is 403 g/mol. The van der Waals surface area contributed by atoms with Crippen LogP contribution in [0.3, 0.4) is 0 Å². The number of ether oxygens (including phenoxy) is 1. The Kier molecular flexibility index (Phi) is 4.82. The molecule has 0 aliphatic rings. The van der Waals surface area contributed by atoms with E-state index in [0.717, 1.165) is 0 Å². The third-order valence-corrected chi connectivity index (χ3v) is 4.15. The zero-order valence-electron chi connectivity index (χ0n) is 12.7. The van der Waals surface area contributed by atoms with Gasteiger partial charge in [0.1, 0.15) is 5.82 Å². The van der Waals surface area contributed by atoms with Crippen LogP contribution < -0.4 is 4.74 Å². The first-order valence-electron chi connectivity index (χ1n) is 7.13. The molecule has 8 heteroatoms. The van der Waals surface area contributed by atoms with Crippen molar-refractivity contribution >= 4 is 39.9 Å². The molecule has 0 N–H and O–H groups in total. The van der Waals surface area contributed by atoms with E-state index in [2.05, 4.69) is 0 Å². The van der Waals surface area contributed by atoms with Crippen LogP contribution in [0.4, 0.5) is 17.6 Å². The molecule has 0 amide bonds. The maximum atomic E-state index is 13.5. The summed E-state index contributed by atoms with van der Waals surface area (Å²) < 4.78 is 57.1. The van der Waals surface area contributed by atoms with Crippen molar-refractivity contribution in [1.82, 2.24) is 0 Å². The van der Waals surface area contributed by atoms with Gasteiger partial charge in [-0.05, 0) is 24.3 Å². The van der Waals surface area contributed by atoms with E-state index in [1.807, 2.05) is 0 Å². The van der Waals surface area contributed by atoms with Crippen LogP contribution in [0.15, 0.2) is 48.5 Å². The lowest BCUT2D eigenvalue weighted by Gasteiger charge is -2.12. The van der Waals surface area contributed by atoms with Crippen molar-refractivity contribution in [3.8, 4) is 5.75 Å². The summed E-state index contributed by atoms with van der Waals surface area (Å²) in [5, 5.41) is 1.24. The lowest BCUT2D eigenvalue weighted by Crippen LogP contribution is -2.13.